The van der Waals surface area contributed by atoms with E-state index in [1.165, 1.54) is 12.1 Å². The molecule has 0 spiro atoms. The Labute approximate surface area is 115 Å². The number of benzene rings is 1. The maximum atomic E-state index is 12.3. The second-order valence-electron chi connectivity index (χ2n) is 4.25. The summed E-state index contributed by atoms with van der Waals surface area (Å²) in [6.07, 6.45) is -3.21. The molecule has 0 aliphatic rings. The fourth-order valence-corrected chi connectivity index (χ4v) is 1.88. The van der Waals surface area contributed by atoms with Gasteiger partial charge in [0.25, 0.3) is 0 Å². The highest BCUT2D eigenvalue weighted by Crippen LogP contribution is 2.30. The van der Waals surface area contributed by atoms with E-state index in [-0.39, 0.29) is 12.4 Å². The van der Waals surface area contributed by atoms with Crippen molar-refractivity contribution in [1.82, 2.24) is 5.32 Å². The Hall–Kier alpha value is -1.28. The molecule has 0 bridgehead atoms. The molecule has 4 nitrogen and oxygen atoms in total. The quantitative estimate of drug-likeness (QED) is 0.779. The van der Waals surface area contributed by atoms with Crippen LogP contribution in [0.5, 0.6) is 5.75 Å². The van der Waals surface area contributed by atoms with Crippen LogP contribution in [0, 0.1) is 0 Å². The molecule has 0 aliphatic heterocycles. The average molecular weight is 311 g/mol. The molecule has 114 valence electrons. The predicted molar refractivity (Wildman–Crippen MR) is 69.5 cm³/mol. The highest BCUT2D eigenvalue weighted by Gasteiger charge is 2.29. The SMILES string of the molecule is CS(=O)(=O)CCNCCOc1ccc(C(F)(F)F)cc1. The second-order valence-corrected chi connectivity index (χ2v) is 6.51. The molecular formula is C12H16F3NO3S. The molecular weight excluding hydrogens is 295 g/mol. The van der Waals surface area contributed by atoms with E-state index >= 15 is 0 Å². The second kappa shape index (κ2) is 6.94. The third kappa shape index (κ3) is 6.76. The highest BCUT2D eigenvalue weighted by atomic mass is 32.2. The van der Waals surface area contributed by atoms with E-state index in [0.29, 0.717) is 18.8 Å². The summed E-state index contributed by atoms with van der Waals surface area (Å²) in [5, 5.41) is 2.86. The van der Waals surface area contributed by atoms with Gasteiger partial charge in [-0.3, -0.25) is 0 Å². The first-order valence-corrected chi connectivity index (χ1v) is 7.93. The van der Waals surface area contributed by atoms with E-state index < -0.39 is 21.6 Å². The van der Waals surface area contributed by atoms with Gasteiger partial charge in [-0.25, -0.2) is 8.42 Å². The fourth-order valence-electron chi connectivity index (χ4n) is 1.36. The molecule has 0 fully saturated rings. The molecule has 0 unspecified atom stereocenters. The summed E-state index contributed by atoms with van der Waals surface area (Å²) in [5.74, 6) is 0.371. The number of hydrogen-bond donors (Lipinski definition) is 1. The fraction of sp³-hybridized carbons (Fsp3) is 0.500. The Balaban J connectivity index is 2.26. The van der Waals surface area contributed by atoms with Crippen LogP contribution in [0.2, 0.25) is 0 Å². The van der Waals surface area contributed by atoms with Crippen molar-refractivity contribution in [2.24, 2.45) is 0 Å². The molecule has 1 aromatic rings. The van der Waals surface area contributed by atoms with Crippen molar-refractivity contribution in [1.29, 1.82) is 0 Å². The van der Waals surface area contributed by atoms with Crippen LogP contribution in [-0.2, 0) is 16.0 Å². The van der Waals surface area contributed by atoms with Gasteiger partial charge in [0.15, 0.2) is 0 Å². The van der Waals surface area contributed by atoms with Crippen LogP contribution in [0.25, 0.3) is 0 Å². The van der Waals surface area contributed by atoms with E-state index in [4.69, 9.17) is 4.74 Å². The number of rotatable bonds is 7. The lowest BCUT2D eigenvalue weighted by atomic mass is 10.2. The van der Waals surface area contributed by atoms with Crippen LogP contribution >= 0.6 is 0 Å². The summed E-state index contributed by atoms with van der Waals surface area (Å²) < 4.78 is 63.8. The summed E-state index contributed by atoms with van der Waals surface area (Å²) >= 11 is 0. The third-order valence-electron chi connectivity index (χ3n) is 2.38. The zero-order valence-electron chi connectivity index (χ0n) is 10.9. The normalized spacial score (nSPS) is 12.4. The molecule has 1 N–H and O–H groups in total. The number of ether oxygens (including phenoxy) is 1. The summed E-state index contributed by atoms with van der Waals surface area (Å²) in [4.78, 5) is 0. The van der Waals surface area contributed by atoms with Gasteiger partial charge in [0.2, 0.25) is 0 Å². The molecule has 20 heavy (non-hydrogen) atoms. The maximum Gasteiger partial charge on any atom is 0.416 e. The summed E-state index contributed by atoms with van der Waals surface area (Å²) in [5.41, 5.74) is -0.726. The summed E-state index contributed by atoms with van der Waals surface area (Å²) in [7, 11) is -2.99. The van der Waals surface area contributed by atoms with Crippen LogP contribution < -0.4 is 10.1 Å². The molecule has 1 rings (SSSR count). The first-order valence-electron chi connectivity index (χ1n) is 5.87. The van der Waals surface area contributed by atoms with E-state index in [1.54, 1.807) is 0 Å². The van der Waals surface area contributed by atoms with Gasteiger partial charge in [0.1, 0.15) is 22.2 Å². The largest absolute Gasteiger partial charge is 0.492 e. The van der Waals surface area contributed by atoms with E-state index in [2.05, 4.69) is 5.32 Å². The van der Waals surface area contributed by atoms with Gasteiger partial charge < -0.3 is 10.1 Å². The Morgan fingerprint density at radius 1 is 1.15 bits per heavy atom. The summed E-state index contributed by atoms with van der Waals surface area (Å²) in [6.45, 7) is 0.973. The molecule has 0 radical (unpaired) electrons. The number of nitrogens with one attached hydrogen (secondary N) is 1. The van der Waals surface area contributed by atoms with Gasteiger partial charge in [-0.2, -0.15) is 13.2 Å². The van der Waals surface area contributed by atoms with Gasteiger partial charge >= 0.3 is 6.18 Å². The van der Waals surface area contributed by atoms with Crippen LogP contribution in [0.3, 0.4) is 0 Å². The molecule has 0 aliphatic carbocycles. The van der Waals surface area contributed by atoms with Gasteiger partial charge in [-0.1, -0.05) is 0 Å². The van der Waals surface area contributed by atoms with E-state index in [1.807, 2.05) is 0 Å². The van der Waals surface area contributed by atoms with Crippen molar-refractivity contribution in [2.75, 3.05) is 31.7 Å². The minimum Gasteiger partial charge on any atom is -0.492 e. The smallest absolute Gasteiger partial charge is 0.416 e. The molecule has 1 aromatic carbocycles. The van der Waals surface area contributed by atoms with Crippen LogP contribution in [0.1, 0.15) is 5.56 Å². The molecule has 0 amide bonds. The zero-order valence-corrected chi connectivity index (χ0v) is 11.7. The number of halogens is 3. The van der Waals surface area contributed by atoms with Gasteiger partial charge in [-0.15, -0.1) is 0 Å². The zero-order chi connectivity index (χ0) is 15.2. The van der Waals surface area contributed by atoms with Gasteiger partial charge in [0, 0.05) is 19.3 Å². The lowest BCUT2D eigenvalue weighted by Crippen LogP contribution is -2.26. The van der Waals surface area contributed by atoms with Crippen LogP contribution in [-0.4, -0.2) is 40.1 Å². The van der Waals surface area contributed by atoms with Gasteiger partial charge in [0.05, 0.1) is 11.3 Å². The molecule has 0 heterocycles. The standard InChI is InChI=1S/C12H16F3NO3S/c1-20(17,18)9-7-16-6-8-19-11-4-2-10(3-5-11)12(13,14)15/h2-5,16H,6-9H2,1H3. The summed E-state index contributed by atoms with van der Waals surface area (Å²) in [6, 6.07) is 4.40. The van der Waals surface area contributed by atoms with Crippen molar-refractivity contribution < 1.29 is 26.3 Å². The third-order valence-corrected chi connectivity index (χ3v) is 3.32. The number of hydrogen-bond acceptors (Lipinski definition) is 4. The minimum atomic E-state index is -4.36. The monoisotopic (exact) mass is 311 g/mol. The van der Waals surface area contributed by atoms with Crippen molar-refractivity contribution in [3.63, 3.8) is 0 Å². The molecule has 0 saturated carbocycles. The van der Waals surface area contributed by atoms with Crippen molar-refractivity contribution in [3.05, 3.63) is 29.8 Å². The lowest BCUT2D eigenvalue weighted by molar-refractivity contribution is -0.137. The topological polar surface area (TPSA) is 55.4 Å². The Morgan fingerprint density at radius 2 is 1.75 bits per heavy atom. The Kier molecular flexibility index (Phi) is 5.82. The number of sulfone groups is 1. The van der Waals surface area contributed by atoms with E-state index in [9.17, 15) is 21.6 Å². The Morgan fingerprint density at radius 3 is 2.25 bits per heavy atom. The van der Waals surface area contributed by atoms with Gasteiger partial charge in [-0.05, 0) is 24.3 Å². The first kappa shape index (κ1) is 16.8. The molecule has 0 aromatic heterocycles. The maximum absolute atomic E-state index is 12.3. The van der Waals surface area contributed by atoms with Crippen molar-refractivity contribution in [3.8, 4) is 5.75 Å². The Bertz CT molecular complexity index is 512. The lowest BCUT2D eigenvalue weighted by Gasteiger charge is -2.09. The van der Waals surface area contributed by atoms with Crippen LogP contribution in [0.4, 0.5) is 13.2 Å². The molecule has 0 saturated heterocycles. The van der Waals surface area contributed by atoms with Crippen molar-refractivity contribution in [2.45, 2.75) is 6.18 Å². The highest BCUT2D eigenvalue weighted by molar-refractivity contribution is 7.90. The average Bonchev–Trinajstić information content (AvgIpc) is 2.32. The number of alkyl halides is 3. The first-order chi connectivity index (χ1) is 9.18. The van der Waals surface area contributed by atoms with E-state index in [0.717, 1.165) is 18.4 Å². The molecule has 0 atom stereocenters. The predicted octanol–water partition coefficient (Wildman–Crippen LogP) is 1.72. The molecule has 8 heteroatoms. The minimum absolute atomic E-state index is 0.0350. The van der Waals surface area contributed by atoms with Crippen molar-refractivity contribution >= 4 is 9.84 Å². The van der Waals surface area contributed by atoms with Crippen LogP contribution in [0.15, 0.2) is 24.3 Å².